The van der Waals surface area contributed by atoms with Crippen molar-refractivity contribution in [2.24, 2.45) is 0 Å². The van der Waals surface area contributed by atoms with Crippen LogP contribution in [-0.2, 0) is 10.8 Å². The summed E-state index contributed by atoms with van der Waals surface area (Å²) >= 11 is 5.19. The molecule has 3 nitrogen and oxygen atoms in total. The maximum Gasteiger partial charge on any atom is 0.316 e. The number of carbonyl (C=O) groups excluding carboxylic acids is 1. The summed E-state index contributed by atoms with van der Waals surface area (Å²) in [6.07, 6.45) is 0. The van der Waals surface area contributed by atoms with E-state index in [4.69, 9.17) is 11.6 Å². The molecule has 1 fully saturated rings. The van der Waals surface area contributed by atoms with Crippen LogP contribution in [0.4, 0.5) is 4.79 Å². The standard InChI is InChI=1S/C5H8ClNO2S/c6-5(8)7-1-3-10(9)4-2-7/h1-4H2. The number of halogens is 1. The lowest BCUT2D eigenvalue weighted by Gasteiger charge is -2.23. The first-order chi connectivity index (χ1) is 4.70. The van der Waals surface area contributed by atoms with Crippen molar-refractivity contribution >= 4 is 27.8 Å². The normalized spacial score (nSPS) is 21.1. The van der Waals surface area contributed by atoms with Crippen LogP contribution < -0.4 is 0 Å². The predicted molar refractivity (Wildman–Crippen MR) is 40.7 cm³/mol. The molecule has 0 atom stereocenters. The van der Waals surface area contributed by atoms with E-state index in [1.54, 1.807) is 0 Å². The van der Waals surface area contributed by atoms with E-state index in [2.05, 4.69) is 0 Å². The van der Waals surface area contributed by atoms with Crippen LogP contribution in [0.5, 0.6) is 0 Å². The van der Waals surface area contributed by atoms with Gasteiger partial charge in [-0.25, -0.2) is 0 Å². The minimum Gasteiger partial charge on any atom is -0.327 e. The molecule has 10 heavy (non-hydrogen) atoms. The smallest absolute Gasteiger partial charge is 0.316 e. The first-order valence-electron chi connectivity index (χ1n) is 2.99. The molecule has 1 amide bonds. The molecule has 1 rings (SSSR count). The molecule has 0 unspecified atom stereocenters. The fraction of sp³-hybridized carbons (Fsp3) is 0.800. The van der Waals surface area contributed by atoms with Crippen LogP contribution in [0.1, 0.15) is 0 Å². The van der Waals surface area contributed by atoms with E-state index in [-0.39, 0.29) is 0 Å². The minimum absolute atomic E-state index is 0.434. The Morgan fingerprint density at radius 3 is 2.30 bits per heavy atom. The van der Waals surface area contributed by atoms with Gasteiger partial charge >= 0.3 is 5.37 Å². The lowest BCUT2D eigenvalue weighted by molar-refractivity contribution is 0.226. The summed E-state index contributed by atoms with van der Waals surface area (Å²) in [4.78, 5) is 12.0. The van der Waals surface area contributed by atoms with Crippen LogP contribution in [0.2, 0.25) is 0 Å². The van der Waals surface area contributed by atoms with Gasteiger partial charge in [0, 0.05) is 35.4 Å². The fourth-order valence-corrected chi connectivity index (χ4v) is 2.03. The number of nitrogens with zero attached hydrogens (tertiary/aromatic N) is 1. The summed E-state index contributed by atoms with van der Waals surface area (Å²) in [6, 6.07) is 0. The summed E-state index contributed by atoms with van der Waals surface area (Å²) in [5, 5.41) is -0.434. The molecule has 5 heteroatoms. The molecular formula is C5H8ClNO2S. The molecule has 0 saturated carbocycles. The fourth-order valence-electron chi connectivity index (χ4n) is 0.814. The van der Waals surface area contributed by atoms with Gasteiger partial charge in [0.2, 0.25) is 0 Å². The quantitative estimate of drug-likeness (QED) is 0.401. The van der Waals surface area contributed by atoms with Gasteiger partial charge in [0.05, 0.1) is 0 Å². The Morgan fingerprint density at radius 1 is 1.40 bits per heavy atom. The zero-order valence-electron chi connectivity index (χ0n) is 5.38. The van der Waals surface area contributed by atoms with Crippen LogP contribution in [-0.4, -0.2) is 39.1 Å². The molecule has 0 N–H and O–H groups in total. The van der Waals surface area contributed by atoms with Crippen molar-refractivity contribution < 1.29 is 9.00 Å². The second kappa shape index (κ2) is 3.34. The average Bonchev–Trinajstić information content (AvgIpc) is 1.88. The van der Waals surface area contributed by atoms with Crippen LogP contribution in [0.15, 0.2) is 0 Å². The van der Waals surface area contributed by atoms with E-state index >= 15 is 0 Å². The Kier molecular flexibility index (Phi) is 2.68. The molecule has 1 saturated heterocycles. The molecule has 0 spiro atoms. The van der Waals surface area contributed by atoms with Crippen molar-refractivity contribution in [2.75, 3.05) is 24.6 Å². The Labute approximate surface area is 66.8 Å². The highest BCUT2D eigenvalue weighted by molar-refractivity contribution is 7.85. The highest BCUT2D eigenvalue weighted by Gasteiger charge is 2.17. The Morgan fingerprint density at radius 2 is 1.90 bits per heavy atom. The zero-order valence-corrected chi connectivity index (χ0v) is 6.95. The van der Waals surface area contributed by atoms with Gasteiger partial charge in [-0.1, -0.05) is 0 Å². The van der Waals surface area contributed by atoms with E-state index < -0.39 is 16.2 Å². The van der Waals surface area contributed by atoms with Crippen LogP contribution in [0.3, 0.4) is 0 Å². The third kappa shape index (κ3) is 1.95. The van der Waals surface area contributed by atoms with Crippen molar-refractivity contribution in [3.63, 3.8) is 0 Å². The third-order valence-electron chi connectivity index (χ3n) is 1.43. The summed E-state index contributed by atoms with van der Waals surface area (Å²) < 4.78 is 10.8. The second-order valence-electron chi connectivity index (χ2n) is 2.09. The SMILES string of the molecule is O=C(Cl)N1CCS(=O)CC1. The first kappa shape index (κ1) is 8.01. The molecule has 0 aliphatic carbocycles. The van der Waals surface area contributed by atoms with Gasteiger partial charge in [0.1, 0.15) is 0 Å². The van der Waals surface area contributed by atoms with E-state index in [0.717, 1.165) is 0 Å². The molecule has 0 bridgehead atoms. The van der Waals surface area contributed by atoms with Crippen LogP contribution >= 0.6 is 11.6 Å². The van der Waals surface area contributed by atoms with Gasteiger partial charge in [-0.2, -0.15) is 0 Å². The van der Waals surface area contributed by atoms with E-state index in [0.29, 0.717) is 24.6 Å². The van der Waals surface area contributed by atoms with Gasteiger partial charge in [-0.15, -0.1) is 0 Å². The second-order valence-corrected chi connectivity index (χ2v) is 4.11. The largest absolute Gasteiger partial charge is 0.327 e. The van der Waals surface area contributed by atoms with E-state index in [1.165, 1.54) is 4.90 Å². The van der Waals surface area contributed by atoms with Crippen LogP contribution in [0, 0.1) is 0 Å². The third-order valence-corrected chi connectivity index (χ3v) is 2.94. The van der Waals surface area contributed by atoms with Crippen molar-refractivity contribution in [2.45, 2.75) is 0 Å². The minimum atomic E-state index is -0.730. The molecular weight excluding hydrogens is 174 g/mol. The molecule has 1 aliphatic rings. The molecule has 0 aromatic rings. The van der Waals surface area contributed by atoms with Crippen LogP contribution in [0.25, 0.3) is 0 Å². The molecule has 58 valence electrons. The van der Waals surface area contributed by atoms with Gasteiger partial charge in [-0.05, 0) is 11.6 Å². The monoisotopic (exact) mass is 181 g/mol. The van der Waals surface area contributed by atoms with E-state index in [9.17, 15) is 9.00 Å². The van der Waals surface area contributed by atoms with Gasteiger partial charge < -0.3 is 4.90 Å². The number of rotatable bonds is 0. The topological polar surface area (TPSA) is 37.4 Å². The van der Waals surface area contributed by atoms with E-state index in [1.807, 2.05) is 0 Å². The van der Waals surface area contributed by atoms with Gasteiger partial charge in [0.15, 0.2) is 0 Å². The summed E-state index contributed by atoms with van der Waals surface area (Å²) in [7, 11) is -0.730. The van der Waals surface area contributed by atoms with Crippen molar-refractivity contribution in [1.29, 1.82) is 0 Å². The molecule has 0 aromatic heterocycles. The number of carbonyl (C=O) groups is 1. The summed E-state index contributed by atoms with van der Waals surface area (Å²) in [5.74, 6) is 1.14. The Hall–Kier alpha value is -0.0900. The Bertz CT molecular complexity index is 163. The molecule has 1 aliphatic heterocycles. The average molecular weight is 182 g/mol. The number of amides is 1. The molecule has 1 heterocycles. The maximum atomic E-state index is 10.8. The summed E-state index contributed by atoms with van der Waals surface area (Å²) in [5.41, 5.74) is 0. The highest BCUT2D eigenvalue weighted by Crippen LogP contribution is 2.02. The van der Waals surface area contributed by atoms with Gasteiger partial charge in [0.25, 0.3) is 0 Å². The molecule has 0 aromatic carbocycles. The van der Waals surface area contributed by atoms with Gasteiger partial charge in [-0.3, -0.25) is 9.00 Å². The number of hydrogen-bond acceptors (Lipinski definition) is 2. The Balaban J connectivity index is 2.40. The molecule has 0 radical (unpaired) electrons. The lowest BCUT2D eigenvalue weighted by Crippen LogP contribution is -2.39. The predicted octanol–water partition coefficient (Wildman–Crippen LogP) is 0.410. The van der Waals surface area contributed by atoms with Crippen molar-refractivity contribution in [1.82, 2.24) is 4.90 Å². The highest BCUT2D eigenvalue weighted by atomic mass is 35.5. The first-order valence-corrected chi connectivity index (χ1v) is 4.86. The number of hydrogen-bond donors (Lipinski definition) is 0. The van der Waals surface area contributed by atoms with Crippen molar-refractivity contribution in [3.05, 3.63) is 0 Å². The summed E-state index contributed by atoms with van der Waals surface area (Å²) in [6.45, 7) is 1.07. The maximum absolute atomic E-state index is 10.8. The zero-order chi connectivity index (χ0) is 7.56. The lowest BCUT2D eigenvalue weighted by atomic mass is 10.5. The van der Waals surface area contributed by atoms with Crippen molar-refractivity contribution in [3.8, 4) is 0 Å².